The summed E-state index contributed by atoms with van der Waals surface area (Å²) in [6.07, 6.45) is 0. The molecule has 1 aromatic heterocycles. The Bertz CT molecular complexity index is 312. The van der Waals surface area contributed by atoms with E-state index in [4.69, 9.17) is 10.8 Å². The third kappa shape index (κ3) is 1.34. The predicted molar refractivity (Wildman–Crippen MR) is 42.9 cm³/mol. The standard InChI is InChI=1S/C7H9N3O2/c1-3-5(8)4(2)10-6(9-3)7(11)12/h8H2,1-2H3,(H,11,12). The molecule has 3 N–H and O–H groups in total. The van der Waals surface area contributed by atoms with Gasteiger partial charge in [0.05, 0.1) is 17.1 Å². The number of hydrogen-bond acceptors (Lipinski definition) is 4. The molecule has 0 aromatic carbocycles. The molecule has 0 saturated carbocycles. The minimum atomic E-state index is -1.14. The highest BCUT2D eigenvalue weighted by Crippen LogP contribution is 2.11. The minimum absolute atomic E-state index is 0.209. The predicted octanol–water partition coefficient (Wildman–Crippen LogP) is 0.374. The number of aromatic nitrogens is 2. The lowest BCUT2D eigenvalue weighted by molar-refractivity contribution is 0.0683. The van der Waals surface area contributed by atoms with E-state index in [9.17, 15) is 4.79 Å². The molecule has 0 bridgehead atoms. The van der Waals surface area contributed by atoms with Crippen molar-refractivity contribution in [3.63, 3.8) is 0 Å². The topological polar surface area (TPSA) is 89.1 Å². The average Bonchev–Trinajstić information content (AvgIpc) is 1.99. The molecule has 1 heterocycles. The van der Waals surface area contributed by atoms with Crippen LogP contribution in [0.4, 0.5) is 5.69 Å². The largest absolute Gasteiger partial charge is 0.475 e. The van der Waals surface area contributed by atoms with Gasteiger partial charge in [0, 0.05) is 0 Å². The lowest BCUT2D eigenvalue weighted by Crippen LogP contribution is -2.09. The highest BCUT2D eigenvalue weighted by molar-refractivity contribution is 5.83. The van der Waals surface area contributed by atoms with E-state index in [0.717, 1.165) is 0 Å². The SMILES string of the molecule is Cc1nc(C(=O)O)nc(C)c1N. The fourth-order valence-corrected chi connectivity index (χ4v) is 0.821. The summed E-state index contributed by atoms with van der Waals surface area (Å²) in [5, 5.41) is 8.56. The van der Waals surface area contributed by atoms with Gasteiger partial charge in [0.2, 0.25) is 5.82 Å². The van der Waals surface area contributed by atoms with E-state index in [1.54, 1.807) is 13.8 Å². The summed E-state index contributed by atoms with van der Waals surface area (Å²) in [6, 6.07) is 0. The number of carboxylic acids is 1. The molecule has 5 nitrogen and oxygen atoms in total. The average molecular weight is 167 g/mol. The lowest BCUT2D eigenvalue weighted by Gasteiger charge is -2.02. The van der Waals surface area contributed by atoms with Crippen molar-refractivity contribution < 1.29 is 9.90 Å². The maximum atomic E-state index is 10.5. The van der Waals surface area contributed by atoms with Crippen LogP contribution in [-0.4, -0.2) is 21.0 Å². The van der Waals surface area contributed by atoms with Crippen LogP contribution >= 0.6 is 0 Å². The molecule has 0 fully saturated rings. The van der Waals surface area contributed by atoms with Crippen molar-refractivity contribution in [1.82, 2.24) is 9.97 Å². The molecule has 0 aliphatic heterocycles. The summed E-state index contributed by atoms with van der Waals surface area (Å²) in [7, 11) is 0. The van der Waals surface area contributed by atoms with Gasteiger partial charge in [-0.25, -0.2) is 14.8 Å². The number of nitrogen functional groups attached to an aromatic ring is 1. The van der Waals surface area contributed by atoms with E-state index in [1.165, 1.54) is 0 Å². The summed E-state index contributed by atoms with van der Waals surface area (Å²) in [4.78, 5) is 17.8. The second-order valence-electron chi connectivity index (χ2n) is 2.44. The lowest BCUT2D eigenvalue weighted by atomic mass is 10.3. The zero-order valence-electron chi connectivity index (χ0n) is 6.83. The molecule has 1 rings (SSSR count). The Kier molecular flexibility index (Phi) is 1.95. The van der Waals surface area contributed by atoms with Gasteiger partial charge in [-0.05, 0) is 13.8 Å². The molecule has 0 radical (unpaired) electrons. The van der Waals surface area contributed by atoms with Gasteiger partial charge in [0.25, 0.3) is 0 Å². The monoisotopic (exact) mass is 167 g/mol. The van der Waals surface area contributed by atoms with Gasteiger partial charge in [0.1, 0.15) is 0 Å². The highest BCUT2D eigenvalue weighted by atomic mass is 16.4. The summed E-state index contributed by atoms with van der Waals surface area (Å²) < 4.78 is 0. The van der Waals surface area contributed by atoms with Gasteiger partial charge >= 0.3 is 5.97 Å². The molecule has 5 heteroatoms. The van der Waals surface area contributed by atoms with Crippen LogP contribution in [0.1, 0.15) is 22.0 Å². The Morgan fingerprint density at radius 1 is 1.33 bits per heavy atom. The molecule has 0 aliphatic rings. The number of rotatable bonds is 1. The van der Waals surface area contributed by atoms with Crippen LogP contribution in [0.25, 0.3) is 0 Å². The fourth-order valence-electron chi connectivity index (χ4n) is 0.821. The van der Waals surface area contributed by atoms with Crippen molar-refractivity contribution in [2.24, 2.45) is 0 Å². The van der Waals surface area contributed by atoms with Crippen molar-refractivity contribution in [3.05, 3.63) is 17.2 Å². The van der Waals surface area contributed by atoms with Crippen LogP contribution in [0, 0.1) is 13.8 Å². The smallest absolute Gasteiger partial charge is 0.373 e. The quantitative estimate of drug-likeness (QED) is 0.630. The van der Waals surface area contributed by atoms with E-state index in [-0.39, 0.29) is 5.82 Å². The molecule has 0 aliphatic carbocycles. The highest BCUT2D eigenvalue weighted by Gasteiger charge is 2.10. The maximum absolute atomic E-state index is 10.5. The third-order valence-corrected chi connectivity index (χ3v) is 1.52. The van der Waals surface area contributed by atoms with Crippen molar-refractivity contribution in [3.8, 4) is 0 Å². The van der Waals surface area contributed by atoms with Crippen molar-refractivity contribution in [2.45, 2.75) is 13.8 Å². The Morgan fingerprint density at radius 3 is 2.08 bits per heavy atom. The molecular weight excluding hydrogens is 158 g/mol. The van der Waals surface area contributed by atoms with Gasteiger partial charge in [-0.3, -0.25) is 0 Å². The normalized spacial score (nSPS) is 9.83. The zero-order chi connectivity index (χ0) is 9.30. The molecule has 0 atom stereocenters. The molecular formula is C7H9N3O2. The van der Waals surface area contributed by atoms with Gasteiger partial charge in [-0.15, -0.1) is 0 Å². The van der Waals surface area contributed by atoms with Gasteiger partial charge in [-0.1, -0.05) is 0 Å². The van der Waals surface area contributed by atoms with Gasteiger partial charge in [-0.2, -0.15) is 0 Å². The minimum Gasteiger partial charge on any atom is -0.475 e. The second kappa shape index (κ2) is 2.77. The molecule has 0 saturated heterocycles. The third-order valence-electron chi connectivity index (χ3n) is 1.52. The fraction of sp³-hybridized carbons (Fsp3) is 0.286. The molecule has 1 aromatic rings. The van der Waals surface area contributed by atoms with Crippen LogP contribution in [-0.2, 0) is 0 Å². The summed E-state index contributed by atoms with van der Waals surface area (Å²) in [5.41, 5.74) is 6.98. The Morgan fingerprint density at radius 2 is 1.75 bits per heavy atom. The van der Waals surface area contributed by atoms with E-state index in [2.05, 4.69) is 9.97 Å². The molecule has 0 unspecified atom stereocenters. The van der Waals surface area contributed by atoms with E-state index in [0.29, 0.717) is 17.1 Å². The van der Waals surface area contributed by atoms with Gasteiger partial charge < -0.3 is 10.8 Å². The van der Waals surface area contributed by atoms with E-state index < -0.39 is 5.97 Å². The number of nitrogens with zero attached hydrogens (tertiary/aromatic N) is 2. The van der Waals surface area contributed by atoms with E-state index in [1.807, 2.05) is 0 Å². The van der Waals surface area contributed by atoms with Crippen LogP contribution in [0.15, 0.2) is 0 Å². The van der Waals surface area contributed by atoms with Gasteiger partial charge in [0.15, 0.2) is 0 Å². The number of carboxylic acid groups (broad SMARTS) is 1. The number of carbonyl (C=O) groups is 1. The summed E-state index contributed by atoms with van der Waals surface area (Å²) in [6.45, 7) is 3.30. The number of hydrogen-bond donors (Lipinski definition) is 2. The van der Waals surface area contributed by atoms with Crippen molar-refractivity contribution in [2.75, 3.05) is 5.73 Å². The van der Waals surface area contributed by atoms with E-state index >= 15 is 0 Å². The molecule has 0 spiro atoms. The van der Waals surface area contributed by atoms with Crippen molar-refractivity contribution in [1.29, 1.82) is 0 Å². The maximum Gasteiger partial charge on any atom is 0.373 e. The number of nitrogens with two attached hydrogens (primary N) is 1. The molecule has 12 heavy (non-hydrogen) atoms. The van der Waals surface area contributed by atoms with Crippen LogP contribution < -0.4 is 5.73 Å². The van der Waals surface area contributed by atoms with Crippen LogP contribution in [0.2, 0.25) is 0 Å². The first kappa shape index (κ1) is 8.45. The Labute approximate surface area is 69.3 Å². The zero-order valence-corrected chi connectivity index (χ0v) is 6.83. The summed E-state index contributed by atoms with van der Waals surface area (Å²) >= 11 is 0. The summed E-state index contributed by atoms with van der Waals surface area (Å²) in [5.74, 6) is -1.35. The number of anilines is 1. The number of aryl methyl sites for hydroxylation is 2. The van der Waals surface area contributed by atoms with Crippen LogP contribution in [0.5, 0.6) is 0 Å². The van der Waals surface area contributed by atoms with Crippen molar-refractivity contribution >= 4 is 11.7 Å². The van der Waals surface area contributed by atoms with Crippen LogP contribution in [0.3, 0.4) is 0 Å². The first-order chi connectivity index (χ1) is 5.52. The number of aromatic carboxylic acids is 1. The Balaban J connectivity index is 3.31. The second-order valence-corrected chi connectivity index (χ2v) is 2.44. The first-order valence-electron chi connectivity index (χ1n) is 3.36. The molecule has 0 amide bonds. The first-order valence-corrected chi connectivity index (χ1v) is 3.36. The Hall–Kier alpha value is -1.65. The molecule has 64 valence electrons.